The summed E-state index contributed by atoms with van der Waals surface area (Å²) in [5, 5.41) is 10.2. The van der Waals surface area contributed by atoms with Gasteiger partial charge < -0.3 is 0 Å². The van der Waals surface area contributed by atoms with Crippen molar-refractivity contribution in [2.75, 3.05) is 0 Å². The fraction of sp³-hybridized carbons (Fsp3) is 0. The number of rotatable bonds is 4. The molecule has 0 nitrogen and oxygen atoms in total. The molecule has 0 fully saturated rings. The summed E-state index contributed by atoms with van der Waals surface area (Å²) in [5.41, 5.74) is 9.87. The maximum atomic E-state index is 2.37. The lowest BCUT2D eigenvalue weighted by Gasteiger charge is -2.12. The molecule has 9 rings (SSSR count). The average Bonchev–Trinajstić information content (AvgIpc) is 3.14. The van der Waals surface area contributed by atoms with E-state index in [4.69, 9.17) is 0 Å². The first-order valence-electron chi connectivity index (χ1n) is 15.9. The van der Waals surface area contributed by atoms with Gasteiger partial charge in [0.2, 0.25) is 0 Å². The molecular weight excluding hydrogens is 553 g/mol. The summed E-state index contributed by atoms with van der Waals surface area (Å²) in [4.78, 5) is 0. The van der Waals surface area contributed by atoms with Crippen molar-refractivity contribution in [3.8, 4) is 44.5 Å². The Hall–Kier alpha value is -5.98. The van der Waals surface area contributed by atoms with Gasteiger partial charge in [-0.25, -0.2) is 0 Å². The van der Waals surface area contributed by atoms with E-state index in [1.807, 2.05) is 0 Å². The van der Waals surface area contributed by atoms with E-state index < -0.39 is 0 Å². The van der Waals surface area contributed by atoms with Gasteiger partial charge in [-0.2, -0.15) is 0 Å². The van der Waals surface area contributed by atoms with E-state index in [2.05, 4.69) is 182 Å². The Kier molecular flexibility index (Phi) is 6.25. The molecule has 0 heterocycles. The van der Waals surface area contributed by atoms with Crippen molar-refractivity contribution in [1.29, 1.82) is 0 Å². The summed E-state index contributed by atoms with van der Waals surface area (Å²) in [6.07, 6.45) is 0. The lowest BCUT2D eigenvalue weighted by atomic mass is 9.92. The lowest BCUT2D eigenvalue weighted by Crippen LogP contribution is -1.85. The Morgan fingerprint density at radius 1 is 0.174 bits per heavy atom. The molecule has 0 heteroatoms. The van der Waals surface area contributed by atoms with E-state index in [1.165, 1.54) is 87.6 Å². The highest BCUT2D eigenvalue weighted by molar-refractivity contribution is 6.11. The summed E-state index contributed by atoms with van der Waals surface area (Å²) in [6, 6.07) is 66.6. The van der Waals surface area contributed by atoms with Gasteiger partial charge >= 0.3 is 0 Å². The Morgan fingerprint density at radius 2 is 0.435 bits per heavy atom. The molecule has 0 saturated carbocycles. The van der Waals surface area contributed by atoms with Crippen LogP contribution in [0.3, 0.4) is 0 Å². The van der Waals surface area contributed by atoms with Crippen molar-refractivity contribution in [2.45, 2.75) is 0 Å². The van der Waals surface area contributed by atoms with E-state index in [0.29, 0.717) is 0 Å². The third kappa shape index (κ3) is 4.64. The molecule has 0 N–H and O–H groups in total. The van der Waals surface area contributed by atoms with E-state index in [9.17, 15) is 0 Å². The topological polar surface area (TPSA) is 0 Å². The molecule has 0 aliphatic carbocycles. The number of benzene rings is 9. The Labute approximate surface area is 268 Å². The highest BCUT2D eigenvalue weighted by atomic mass is 14.1. The molecule has 0 saturated heterocycles. The van der Waals surface area contributed by atoms with Crippen LogP contribution < -0.4 is 0 Å². The molecule has 46 heavy (non-hydrogen) atoms. The van der Waals surface area contributed by atoms with Gasteiger partial charge in [0.1, 0.15) is 0 Å². The highest BCUT2D eigenvalue weighted by Crippen LogP contribution is 2.36. The summed E-state index contributed by atoms with van der Waals surface area (Å²) in [6.45, 7) is 0. The molecule has 0 aliphatic rings. The van der Waals surface area contributed by atoms with E-state index in [0.717, 1.165) is 0 Å². The van der Waals surface area contributed by atoms with Gasteiger partial charge in [-0.05, 0) is 118 Å². The van der Waals surface area contributed by atoms with Crippen molar-refractivity contribution >= 4 is 43.1 Å². The maximum Gasteiger partial charge on any atom is -0.00990 e. The predicted molar refractivity (Wildman–Crippen MR) is 198 cm³/mol. The third-order valence-electron chi connectivity index (χ3n) is 9.42. The fourth-order valence-electron chi connectivity index (χ4n) is 6.96. The molecule has 0 unspecified atom stereocenters. The minimum atomic E-state index is 1.22. The number of hydrogen-bond donors (Lipinski definition) is 0. The zero-order valence-electron chi connectivity index (χ0n) is 25.3. The molecule has 214 valence electrons. The van der Waals surface area contributed by atoms with Gasteiger partial charge in [0.25, 0.3) is 0 Å². The highest BCUT2D eigenvalue weighted by Gasteiger charge is 2.09. The third-order valence-corrected chi connectivity index (χ3v) is 9.42. The van der Waals surface area contributed by atoms with Crippen LogP contribution in [-0.4, -0.2) is 0 Å². The van der Waals surface area contributed by atoms with Crippen LogP contribution in [0.2, 0.25) is 0 Å². The van der Waals surface area contributed by atoms with Crippen molar-refractivity contribution in [1.82, 2.24) is 0 Å². The van der Waals surface area contributed by atoms with Crippen LogP contribution in [0.4, 0.5) is 0 Å². The monoisotopic (exact) mass is 582 g/mol. The number of hydrogen-bond acceptors (Lipinski definition) is 0. The zero-order chi connectivity index (χ0) is 30.5. The molecular formula is C46H30. The van der Waals surface area contributed by atoms with E-state index in [-0.39, 0.29) is 0 Å². The Morgan fingerprint density at radius 3 is 0.783 bits per heavy atom. The van der Waals surface area contributed by atoms with Crippen molar-refractivity contribution in [2.24, 2.45) is 0 Å². The van der Waals surface area contributed by atoms with Crippen LogP contribution in [0.25, 0.3) is 87.6 Å². The molecule has 0 aliphatic heterocycles. The Balaban J connectivity index is 1.15. The predicted octanol–water partition coefficient (Wildman–Crippen LogP) is 13.0. The first-order chi connectivity index (χ1) is 22.8. The smallest absolute Gasteiger partial charge is 0.00990 e. The Bertz CT molecular complexity index is 2380. The van der Waals surface area contributed by atoms with Crippen molar-refractivity contribution < 1.29 is 0 Å². The van der Waals surface area contributed by atoms with Crippen LogP contribution in [0.1, 0.15) is 0 Å². The van der Waals surface area contributed by atoms with Crippen LogP contribution in [0.5, 0.6) is 0 Å². The fourth-order valence-corrected chi connectivity index (χ4v) is 6.96. The minimum Gasteiger partial charge on any atom is -0.0622 e. The average molecular weight is 583 g/mol. The molecule has 9 aromatic carbocycles. The van der Waals surface area contributed by atoms with E-state index in [1.54, 1.807) is 0 Å². The maximum absolute atomic E-state index is 2.37. The van der Waals surface area contributed by atoms with Crippen LogP contribution in [-0.2, 0) is 0 Å². The first kappa shape index (κ1) is 26.4. The van der Waals surface area contributed by atoms with Gasteiger partial charge in [0.05, 0.1) is 0 Å². The van der Waals surface area contributed by atoms with Gasteiger partial charge in [-0.3, -0.25) is 0 Å². The second-order valence-corrected chi connectivity index (χ2v) is 12.2. The van der Waals surface area contributed by atoms with Crippen molar-refractivity contribution in [3.05, 3.63) is 182 Å². The summed E-state index contributed by atoms with van der Waals surface area (Å²) < 4.78 is 0. The summed E-state index contributed by atoms with van der Waals surface area (Å²) >= 11 is 0. The standard InChI is InChI=1S/C46H30/c1-3-8-31(9-4-1)39-22-18-33-14-16-35-20-24-41(29-45(35)43(33)27-39)37-12-7-13-38(26-37)42-25-21-36-17-15-34-19-23-40(28-44(34)46(36)30-42)32-10-5-2-6-11-32/h1-30H. The first-order valence-corrected chi connectivity index (χ1v) is 15.9. The molecule has 0 radical (unpaired) electrons. The quantitative estimate of drug-likeness (QED) is 0.181. The minimum absolute atomic E-state index is 1.22. The van der Waals surface area contributed by atoms with Crippen molar-refractivity contribution in [3.63, 3.8) is 0 Å². The summed E-state index contributed by atoms with van der Waals surface area (Å²) in [7, 11) is 0. The number of fused-ring (bicyclic) bond motifs is 6. The molecule has 0 atom stereocenters. The summed E-state index contributed by atoms with van der Waals surface area (Å²) in [5.74, 6) is 0. The molecule has 0 bridgehead atoms. The molecule has 0 spiro atoms. The van der Waals surface area contributed by atoms with Crippen LogP contribution in [0.15, 0.2) is 182 Å². The molecule has 0 aromatic heterocycles. The van der Waals surface area contributed by atoms with Gasteiger partial charge in [0.15, 0.2) is 0 Å². The lowest BCUT2D eigenvalue weighted by molar-refractivity contribution is 1.61. The molecule has 9 aromatic rings. The van der Waals surface area contributed by atoms with E-state index >= 15 is 0 Å². The molecule has 0 amide bonds. The zero-order valence-corrected chi connectivity index (χ0v) is 25.3. The van der Waals surface area contributed by atoms with Crippen LogP contribution in [0, 0.1) is 0 Å². The SMILES string of the molecule is c1ccc(-c2ccc3ccc4ccc(-c5cccc(-c6ccc7ccc8ccc(-c9ccccc9)cc8c7c6)c5)cc4c3c2)cc1. The second kappa shape index (κ2) is 10.9. The second-order valence-electron chi connectivity index (χ2n) is 12.2. The van der Waals surface area contributed by atoms with Crippen LogP contribution >= 0.6 is 0 Å². The van der Waals surface area contributed by atoms with Gasteiger partial charge in [0, 0.05) is 0 Å². The largest absolute Gasteiger partial charge is 0.0622 e. The van der Waals surface area contributed by atoms with Gasteiger partial charge in [-0.1, -0.05) is 152 Å². The normalized spacial score (nSPS) is 11.5. The van der Waals surface area contributed by atoms with Gasteiger partial charge in [-0.15, -0.1) is 0 Å².